The number of rotatable bonds is 3. The van der Waals surface area contributed by atoms with Crippen LogP contribution < -0.4 is 0 Å². The predicted molar refractivity (Wildman–Crippen MR) is 52.6 cm³/mol. The zero-order valence-corrected chi connectivity index (χ0v) is 8.53. The highest BCUT2D eigenvalue weighted by Crippen LogP contribution is 2.47. The molecule has 1 nitrogen and oxygen atoms in total. The van der Waals surface area contributed by atoms with Crippen LogP contribution >= 0.6 is 11.3 Å². The van der Waals surface area contributed by atoms with E-state index in [0.717, 1.165) is 18.3 Å². The van der Waals surface area contributed by atoms with Crippen LogP contribution in [0.2, 0.25) is 0 Å². The van der Waals surface area contributed by atoms with Crippen molar-refractivity contribution in [2.24, 2.45) is 5.92 Å². The van der Waals surface area contributed by atoms with Gasteiger partial charge in [-0.15, -0.1) is 11.3 Å². The minimum absolute atomic E-state index is 0.806. The normalized spacial score (nSPS) is 27.5. The second kappa shape index (κ2) is 3.17. The Morgan fingerprint density at radius 2 is 2.42 bits per heavy atom. The van der Waals surface area contributed by atoms with Gasteiger partial charge in [0, 0.05) is 11.3 Å². The zero-order valence-electron chi connectivity index (χ0n) is 7.71. The molecule has 0 aromatic carbocycles. The van der Waals surface area contributed by atoms with Gasteiger partial charge in [-0.05, 0) is 18.8 Å². The van der Waals surface area contributed by atoms with Crippen molar-refractivity contribution in [1.82, 2.24) is 4.98 Å². The molecule has 1 aromatic heterocycles. The number of thiazole rings is 1. The molecule has 2 atom stereocenters. The third kappa shape index (κ3) is 1.53. The Bertz CT molecular complexity index is 267. The maximum Gasteiger partial charge on any atom is 0.0962 e. The summed E-state index contributed by atoms with van der Waals surface area (Å²) in [6.07, 6.45) is 3.72. The molecule has 1 heterocycles. The van der Waals surface area contributed by atoms with Crippen LogP contribution in [0.4, 0.5) is 0 Å². The summed E-state index contributed by atoms with van der Waals surface area (Å²) in [6.45, 7) is 4.52. The molecule has 0 saturated heterocycles. The van der Waals surface area contributed by atoms with Crippen LogP contribution in [-0.2, 0) is 6.42 Å². The summed E-state index contributed by atoms with van der Waals surface area (Å²) in [6, 6.07) is 0. The summed E-state index contributed by atoms with van der Waals surface area (Å²) in [7, 11) is 0. The van der Waals surface area contributed by atoms with Crippen molar-refractivity contribution < 1.29 is 0 Å². The number of hydrogen-bond acceptors (Lipinski definition) is 2. The molecular formula is C10H15NS. The smallest absolute Gasteiger partial charge is 0.0962 e. The molecule has 1 saturated carbocycles. The van der Waals surface area contributed by atoms with Gasteiger partial charge in [0.2, 0.25) is 0 Å². The van der Waals surface area contributed by atoms with E-state index in [9.17, 15) is 0 Å². The molecular weight excluding hydrogens is 166 g/mol. The van der Waals surface area contributed by atoms with Crippen LogP contribution in [0.25, 0.3) is 0 Å². The van der Waals surface area contributed by atoms with E-state index < -0.39 is 0 Å². The molecule has 1 aromatic rings. The Kier molecular flexibility index (Phi) is 2.18. The molecule has 0 N–H and O–H groups in total. The predicted octanol–water partition coefficient (Wildman–Crippen LogP) is 3.22. The van der Waals surface area contributed by atoms with Crippen molar-refractivity contribution in [1.29, 1.82) is 0 Å². The summed E-state index contributed by atoms with van der Waals surface area (Å²) in [5.41, 5.74) is 1.30. The fraction of sp³-hybridized carbons (Fsp3) is 0.700. The van der Waals surface area contributed by atoms with Crippen molar-refractivity contribution in [2.75, 3.05) is 0 Å². The summed E-state index contributed by atoms with van der Waals surface area (Å²) in [5.74, 6) is 1.70. The molecule has 2 rings (SSSR count). The zero-order chi connectivity index (χ0) is 8.55. The van der Waals surface area contributed by atoms with Gasteiger partial charge in [0.25, 0.3) is 0 Å². The fourth-order valence-electron chi connectivity index (χ4n) is 1.53. The summed E-state index contributed by atoms with van der Waals surface area (Å²) in [4.78, 5) is 4.63. The second-order valence-corrected chi connectivity index (χ2v) is 4.64. The molecule has 2 heteroatoms. The van der Waals surface area contributed by atoms with E-state index in [-0.39, 0.29) is 0 Å². The van der Waals surface area contributed by atoms with Crippen LogP contribution in [0, 0.1) is 5.92 Å². The third-order valence-electron chi connectivity index (χ3n) is 2.50. The van der Waals surface area contributed by atoms with Crippen LogP contribution in [0.5, 0.6) is 0 Å². The number of nitrogens with zero attached hydrogens (tertiary/aromatic N) is 1. The highest BCUT2D eigenvalue weighted by Gasteiger charge is 2.36. The molecule has 0 spiro atoms. The Hall–Kier alpha value is -0.370. The van der Waals surface area contributed by atoms with E-state index in [0.29, 0.717) is 0 Å². The van der Waals surface area contributed by atoms with E-state index in [1.54, 1.807) is 0 Å². The molecule has 0 radical (unpaired) electrons. The van der Waals surface area contributed by atoms with E-state index in [1.165, 1.54) is 23.5 Å². The van der Waals surface area contributed by atoms with E-state index >= 15 is 0 Å². The fourth-order valence-corrected chi connectivity index (χ4v) is 2.63. The van der Waals surface area contributed by atoms with Gasteiger partial charge >= 0.3 is 0 Å². The molecule has 1 aliphatic rings. The van der Waals surface area contributed by atoms with Gasteiger partial charge in [-0.1, -0.05) is 20.3 Å². The van der Waals surface area contributed by atoms with Crippen LogP contribution in [0.3, 0.4) is 0 Å². The highest BCUT2D eigenvalue weighted by molar-refractivity contribution is 7.09. The topological polar surface area (TPSA) is 12.9 Å². The first kappa shape index (κ1) is 8.24. The molecule has 1 fully saturated rings. The maximum atomic E-state index is 4.63. The maximum absolute atomic E-state index is 4.63. The molecule has 0 aliphatic heterocycles. The molecule has 2 unspecified atom stereocenters. The Morgan fingerprint density at radius 1 is 1.67 bits per heavy atom. The van der Waals surface area contributed by atoms with Crippen LogP contribution in [-0.4, -0.2) is 4.98 Å². The first-order chi connectivity index (χ1) is 5.81. The molecule has 66 valence electrons. The largest absolute Gasteiger partial charge is 0.246 e. The average Bonchev–Trinajstić information content (AvgIpc) is 2.62. The summed E-state index contributed by atoms with van der Waals surface area (Å²) >= 11 is 1.85. The summed E-state index contributed by atoms with van der Waals surface area (Å²) in [5, 5.41) is 3.61. The van der Waals surface area contributed by atoms with Crippen molar-refractivity contribution >= 4 is 11.3 Å². The minimum Gasteiger partial charge on any atom is -0.246 e. The van der Waals surface area contributed by atoms with Gasteiger partial charge in [0.05, 0.1) is 10.7 Å². The summed E-state index contributed by atoms with van der Waals surface area (Å²) < 4.78 is 0. The lowest BCUT2D eigenvalue weighted by Crippen LogP contribution is -1.84. The first-order valence-electron chi connectivity index (χ1n) is 4.75. The third-order valence-corrected chi connectivity index (χ3v) is 3.53. The van der Waals surface area contributed by atoms with E-state index in [2.05, 4.69) is 24.2 Å². The van der Waals surface area contributed by atoms with Crippen LogP contribution in [0.15, 0.2) is 5.38 Å². The lowest BCUT2D eigenvalue weighted by Gasteiger charge is -1.89. The average molecular weight is 181 g/mol. The Labute approximate surface area is 77.8 Å². The molecule has 12 heavy (non-hydrogen) atoms. The van der Waals surface area contributed by atoms with Gasteiger partial charge < -0.3 is 0 Å². The van der Waals surface area contributed by atoms with Gasteiger partial charge in [-0.3, -0.25) is 0 Å². The second-order valence-electron chi connectivity index (χ2n) is 3.75. The van der Waals surface area contributed by atoms with Crippen molar-refractivity contribution in [3.05, 3.63) is 16.1 Å². The molecule has 1 aliphatic carbocycles. The van der Waals surface area contributed by atoms with Crippen molar-refractivity contribution in [2.45, 2.75) is 39.0 Å². The lowest BCUT2D eigenvalue weighted by molar-refractivity contribution is 0.860. The lowest BCUT2D eigenvalue weighted by atomic mass is 10.3. The highest BCUT2D eigenvalue weighted by atomic mass is 32.1. The van der Waals surface area contributed by atoms with Gasteiger partial charge in [0.1, 0.15) is 0 Å². The molecule has 0 amide bonds. The van der Waals surface area contributed by atoms with Gasteiger partial charge in [-0.25, -0.2) is 4.98 Å². The van der Waals surface area contributed by atoms with Crippen molar-refractivity contribution in [3.8, 4) is 0 Å². The first-order valence-corrected chi connectivity index (χ1v) is 5.63. The van der Waals surface area contributed by atoms with Gasteiger partial charge in [0.15, 0.2) is 0 Å². The monoisotopic (exact) mass is 181 g/mol. The van der Waals surface area contributed by atoms with Crippen LogP contribution in [0.1, 0.15) is 43.3 Å². The number of aryl methyl sites for hydroxylation is 1. The molecule has 0 bridgehead atoms. The number of hydrogen-bond donors (Lipinski definition) is 0. The van der Waals surface area contributed by atoms with E-state index in [1.807, 2.05) is 11.3 Å². The van der Waals surface area contributed by atoms with Crippen molar-refractivity contribution in [3.63, 3.8) is 0 Å². The Morgan fingerprint density at radius 3 is 3.00 bits per heavy atom. The van der Waals surface area contributed by atoms with Gasteiger partial charge in [-0.2, -0.15) is 0 Å². The Balaban J connectivity index is 2.04. The quantitative estimate of drug-likeness (QED) is 0.697. The number of aromatic nitrogens is 1. The minimum atomic E-state index is 0.806. The SMILES string of the molecule is CCCc1csc(C2CC2C)n1. The van der Waals surface area contributed by atoms with E-state index in [4.69, 9.17) is 0 Å². The standard InChI is InChI=1S/C10H15NS/c1-3-4-8-6-12-10(11-8)9-5-7(9)2/h6-7,9H,3-5H2,1-2H3.